The average molecular weight is 309 g/mol. The second-order valence-electron chi connectivity index (χ2n) is 4.61. The minimum atomic E-state index is -0.424. The number of thiophene rings is 1. The van der Waals surface area contributed by atoms with Crippen molar-refractivity contribution in [2.75, 3.05) is 26.9 Å². The molecule has 0 aromatic carbocycles. The van der Waals surface area contributed by atoms with Crippen molar-refractivity contribution < 1.29 is 18.8 Å². The van der Waals surface area contributed by atoms with E-state index in [1.807, 2.05) is 21.7 Å². The first kappa shape index (κ1) is 14.2. The maximum Gasteiger partial charge on any atom is 0.325 e. The molecule has 1 unspecified atom stereocenters. The summed E-state index contributed by atoms with van der Waals surface area (Å²) < 4.78 is 15.4. The lowest BCUT2D eigenvalue weighted by Gasteiger charge is -2.32. The lowest BCUT2D eigenvalue weighted by atomic mass is 10.2. The van der Waals surface area contributed by atoms with Gasteiger partial charge >= 0.3 is 5.97 Å². The highest BCUT2D eigenvalue weighted by Gasteiger charge is 2.31. The van der Waals surface area contributed by atoms with Gasteiger partial charge in [0.15, 0.2) is 5.82 Å². The molecule has 0 N–H and O–H groups in total. The van der Waals surface area contributed by atoms with Crippen LogP contribution in [0.2, 0.25) is 0 Å². The van der Waals surface area contributed by atoms with Gasteiger partial charge in [-0.15, -0.1) is 0 Å². The molecule has 112 valence electrons. The van der Waals surface area contributed by atoms with Crippen molar-refractivity contribution in [1.29, 1.82) is 0 Å². The molecule has 8 heteroatoms. The van der Waals surface area contributed by atoms with Crippen LogP contribution in [0.4, 0.5) is 0 Å². The second kappa shape index (κ2) is 6.33. The molecule has 0 spiro atoms. The molecule has 1 aliphatic rings. The summed E-state index contributed by atoms with van der Waals surface area (Å²) in [6.07, 6.45) is 0. The van der Waals surface area contributed by atoms with Crippen molar-refractivity contribution in [3.63, 3.8) is 0 Å². The Kier molecular flexibility index (Phi) is 4.28. The van der Waals surface area contributed by atoms with E-state index in [-0.39, 0.29) is 5.97 Å². The molecule has 7 nitrogen and oxygen atoms in total. The van der Waals surface area contributed by atoms with Gasteiger partial charge in [-0.05, 0) is 11.4 Å². The Bertz CT molecular complexity index is 598. The Labute approximate surface area is 125 Å². The summed E-state index contributed by atoms with van der Waals surface area (Å²) >= 11 is 1.57. The highest BCUT2D eigenvalue weighted by molar-refractivity contribution is 7.08. The largest absolute Gasteiger partial charge is 0.468 e. The van der Waals surface area contributed by atoms with E-state index in [2.05, 4.69) is 10.1 Å². The SMILES string of the molecule is COC(=O)C1COCCN1Cc1noc(-c2ccsc2)n1. The fraction of sp³-hybridized carbons (Fsp3) is 0.462. The normalized spacial score (nSPS) is 19.6. The number of hydrogen-bond donors (Lipinski definition) is 0. The molecule has 2 aromatic heterocycles. The molecule has 1 fully saturated rings. The number of carbonyl (C=O) groups is 1. The highest BCUT2D eigenvalue weighted by Crippen LogP contribution is 2.20. The van der Waals surface area contributed by atoms with E-state index >= 15 is 0 Å². The predicted octanol–water partition coefficient (Wildman–Crippen LogP) is 1.17. The Morgan fingerprint density at radius 2 is 2.52 bits per heavy atom. The van der Waals surface area contributed by atoms with Crippen LogP contribution < -0.4 is 0 Å². The molecule has 0 aliphatic carbocycles. The van der Waals surface area contributed by atoms with Gasteiger partial charge in [0.05, 0.1) is 32.4 Å². The van der Waals surface area contributed by atoms with Crippen molar-refractivity contribution in [2.45, 2.75) is 12.6 Å². The van der Waals surface area contributed by atoms with Gasteiger partial charge < -0.3 is 14.0 Å². The fourth-order valence-corrected chi connectivity index (χ4v) is 2.81. The molecule has 2 aromatic rings. The number of aromatic nitrogens is 2. The van der Waals surface area contributed by atoms with Crippen LogP contribution in [0, 0.1) is 0 Å². The van der Waals surface area contributed by atoms with Crippen LogP contribution >= 0.6 is 11.3 Å². The smallest absolute Gasteiger partial charge is 0.325 e. The molecule has 3 heterocycles. The van der Waals surface area contributed by atoms with Crippen LogP contribution in [0.1, 0.15) is 5.82 Å². The quantitative estimate of drug-likeness (QED) is 0.785. The van der Waals surface area contributed by atoms with Crippen molar-refractivity contribution in [1.82, 2.24) is 15.0 Å². The van der Waals surface area contributed by atoms with Crippen LogP contribution in [0.15, 0.2) is 21.3 Å². The molecular formula is C13H15N3O4S. The number of methoxy groups -OCH3 is 1. The predicted molar refractivity (Wildman–Crippen MR) is 74.6 cm³/mol. The lowest BCUT2D eigenvalue weighted by molar-refractivity contribution is -0.153. The van der Waals surface area contributed by atoms with Gasteiger partial charge in [0.25, 0.3) is 5.89 Å². The molecule has 3 rings (SSSR count). The van der Waals surface area contributed by atoms with Crippen molar-refractivity contribution in [3.05, 3.63) is 22.7 Å². The first-order valence-corrected chi connectivity index (χ1v) is 7.47. The molecule has 1 aliphatic heterocycles. The van der Waals surface area contributed by atoms with Crippen molar-refractivity contribution >= 4 is 17.3 Å². The van der Waals surface area contributed by atoms with Gasteiger partial charge in [-0.1, -0.05) is 5.16 Å². The first-order chi connectivity index (χ1) is 10.3. The maximum atomic E-state index is 11.8. The van der Waals surface area contributed by atoms with E-state index in [9.17, 15) is 4.79 Å². The zero-order chi connectivity index (χ0) is 14.7. The van der Waals surface area contributed by atoms with Gasteiger partial charge in [0, 0.05) is 11.9 Å². The van der Waals surface area contributed by atoms with Crippen LogP contribution in [-0.2, 0) is 20.8 Å². The number of rotatable bonds is 4. The summed E-state index contributed by atoms with van der Waals surface area (Å²) in [5.41, 5.74) is 0.908. The number of carbonyl (C=O) groups excluding carboxylic acids is 1. The van der Waals surface area contributed by atoms with Gasteiger partial charge in [0.2, 0.25) is 0 Å². The number of ether oxygens (including phenoxy) is 2. The lowest BCUT2D eigenvalue weighted by Crippen LogP contribution is -2.49. The summed E-state index contributed by atoms with van der Waals surface area (Å²) in [4.78, 5) is 18.1. The standard InChI is InChI=1S/C13H15N3O4S/c1-18-13(17)10-7-19-4-3-16(10)6-11-14-12(20-15-11)9-2-5-21-8-9/h2,5,8,10H,3-4,6-7H2,1H3. The minimum absolute atomic E-state index is 0.309. The van der Waals surface area contributed by atoms with Gasteiger partial charge in [-0.25, -0.2) is 0 Å². The third-order valence-electron chi connectivity index (χ3n) is 3.29. The molecule has 0 saturated carbocycles. The average Bonchev–Trinajstić information content (AvgIpc) is 3.18. The maximum absolute atomic E-state index is 11.8. The summed E-state index contributed by atoms with van der Waals surface area (Å²) in [7, 11) is 1.37. The van der Waals surface area contributed by atoms with E-state index in [1.165, 1.54) is 7.11 Å². The Balaban J connectivity index is 1.71. The topological polar surface area (TPSA) is 77.7 Å². The van der Waals surface area contributed by atoms with E-state index in [1.54, 1.807) is 11.3 Å². The third kappa shape index (κ3) is 3.12. The number of hydrogen-bond acceptors (Lipinski definition) is 8. The Morgan fingerprint density at radius 3 is 3.29 bits per heavy atom. The van der Waals surface area contributed by atoms with Gasteiger partial charge in [0.1, 0.15) is 6.04 Å². The van der Waals surface area contributed by atoms with Crippen LogP contribution in [0.5, 0.6) is 0 Å². The van der Waals surface area contributed by atoms with Crippen LogP contribution in [0.25, 0.3) is 11.5 Å². The zero-order valence-electron chi connectivity index (χ0n) is 11.5. The monoisotopic (exact) mass is 309 g/mol. The molecule has 0 bridgehead atoms. The van der Waals surface area contributed by atoms with Gasteiger partial charge in [-0.3, -0.25) is 9.69 Å². The van der Waals surface area contributed by atoms with Crippen LogP contribution in [0.3, 0.4) is 0 Å². The first-order valence-electron chi connectivity index (χ1n) is 6.52. The van der Waals surface area contributed by atoms with E-state index in [0.717, 1.165) is 5.56 Å². The molecular weight excluding hydrogens is 294 g/mol. The molecule has 1 atom stereocenters. The Morgan fingerprint density at radius 1 is 1.62 bits per heavy atom. The summed E-state index contributed by atoms with van der Waals surface area (Å²) in [6.45, 7) is 1.95. The summed E-state index contributed by atoms with van der Waals surface area (Å²) in [5, 5.41) is 7.87. The Hall–Kier alpha value is -1.77. The van der Waals surface area contributed by atoms with Crippen molar-refractivity contribution in [3.8, 4) is 11.5 Å². The molecule has 1 saturated heterocycles. The fourth-order valence-electron chi connectivity index (χ4n) is 2.18. The number of esters is 1. The summed E-state index contributed by atoms with van der Waals surface area (Å²) in [5.74, 6) is 0.734. The number of nitrogens with zero attached hydrogens (tertiary/aromatic N) is 3. The van der Waals surface area contributed by atoms with Gasteiger partial charge in [-0.2, -0.15) is 16.3 Å². The highest BCUT2D eigenvalue weighted by atomic mass is 32.1. The van der Waals surface area contributed by atoms with Crippen LogP contribution in [-0.4, -0.2) is 53.9 Å². The molecule has 0 radical (unpaired) electrons. The van der Waals surface area contributed by atoms with Crippen molar-refractivity contribution in [2.24, 2.45) is 0 Å². The van der Waals surface area contributed by atoms with E-state index < -0.39 is 6.04 Å². The third-order valence-corrected chi connectivity index (χ3v) is 3.98. The minimum Gasteiger partial charge on any atom is -0.468 e. The van der Waals surface area contributed by atoms with E-state index in [4.69, 9.17) is 14.0 Å². The number of morpholine rings is 1. The zero-order valence-corrected chi connectivity index (χ0v) is 12.3. The summed E-state index contributed by atoms with van der Waals surface area (Å²) in [6, 6.07) is 1.50. The molecule has 21 heavy (non-hydrogen) atoms. The molecule has 0 amide bonds. The van der Waals surface area contributed by atoms with E-state index in [0.29, 0.717) is 38.0 Å². The second-order valence-corrected chi connectivity index (χ2v) is 5.39.